The zero-order valence-corrected chi connectivity index (χ0v) is 9.85. The van der Waals surface area contributed by atoms with Crippen LogP contribution in [0.3, 0.4) is 0 Å². The molecule has 2 N–H and O–H groups in total. The molecule has 1 amide bonds. The van der Waals surface area contributed by atoms with Gasteiger partial charge in [0.1, 0.15) is 0 Å². The number of hydrogen-bond donors (Lipinski definition) is 1. The van der Waals surface area contributed by atoms with Crippen LogP contribution in [0.25, 0.3) is 0 Å². The van der Waals surface area contributed by atoms with Gasteiger partial charge in [-0.05, 0) is 17.7 Å². The van der Waals surface area contributed by atoms with Crippen molar-refractivity contribution in [1.82, 2.24) is 4.90 Å². The van der Waals surface area contributed by atoms with E-state index in [-0.39, 0.29) is 12.5 Å². The van der Waals surface area contributed by atoms with Crippen LogP contribution >= 0.6 is 23.2 Å². The van der Waals surface area contributed by atoms with Crippen LogP contribution in [0.1, 0.15) is 5.56 Å². The predicted molar refractivity (Wildman–Crippen MR) is 62.0 cm³/mol. The van der Waals surface area contributed by atoms with Crippen LogP contribution in [0.4, 0.5) is 0 Å². The summed E-state index contributed by atoms with van der Waals surface area (Å²) in [4.78, 5) is 12.7. The number of rotatable bonds is 3. The van der Waals surface area contributed by atoms with Gasteiger partial charge < -0.3 is 10.6 Å². The number of benzene rings is 1. The Morgan fingerprint density at radius 1 is 1.47 bits per heavy atom. The van der Waals surface area contributed by atoms with Gasteiger partial charge in [-0.25, -0.2) is 0 Å². The summed E-state index contributed by atoms with van der Waals surface area (Å²) < 4.78 is 0. The number of hydrogen-bond acceptors (Lipinski definition) is 2. The predicted octanol–water partition coefficient (Wildman–Crippen LogP) is 1.91. The Hall–Kier alpha value is -0.770. The van der Waals surface area contributed by atoms with Crippen molar-refractivity contribution in [1.29, 1.82) is 0 Å². The molecule has 0 fully saturated rings. The second-order valence-electron chi connectivity index (χ2n) is 3.19. The molecule has 0 saturated heterocycles. The number of likely N-dealkylation sites (N-methyl/N-ethyl adjacent to an activating group) is 1. The summed E-state index contributed by atoms with van der Waals surface area (Å²) in [5.74, 6) is -0.124. The molecular weight excluding hydrogens is 235 g/mol. The molecule has 0 aliphatic carbocycles. The van der Waals surface area contributed by atoms with Gasteiger partial charge in [0.25, 0.3) is 0 Å². The summed E-state index contributed by atoms with van der Waals surface area (Å²) in [5, 5.41) is 1.13. The lowest BCUT2D eigenvalue weighted by molar-refractivity contribution is -0.128. The van der Waals surface area contributed by atoms with E-state index in [1.165, 1.54) is 4.90 Å². The third kappa shape index (κ3) is 3.38. The number of carbonyl (C=O) groups excluding carboxylic acids is 1. The van der Waals surface area contributed by atoms with Crippen molar-refractivity contribution in [2.24, 2.45) is 5.73 Å². The normalized spacial score (nSPS) is 10.1. The zero-order valence-electron chi connectivity index (χ0n) is 8.34. The minimum absolute atomic E-state index is 0.00170. The first-order chi connectivity index (χ1) is 7.04. The van der Waals surface area contributed by atoms with E-state index >= 15 is 0 Å². The van der Waals surface area contributed by atoms with E-state index in [4.69, 9.17) is 28.9 Å². The largest absolute Gasteiger partial charge is 0.340 e. The molecular formula is C10H12Cl2N2O. The van der Waals surface area contributed by atoms with Crippen LogP contribution in [-0.2, 0) is 11.3 Å². The smallest absolute Gasteiger partial charge is 0.236 e. The van der Waals surface area contributed by atoms with Crippen molar-refractivity contribution in [2.45, 2.75) is 6.54 Å². The molecule has 0 spiro atoms. The first-order valence-electron chi connectivity index (χ1n) is 4.42. The molecule has 1 rings (SSSR count). The summed E-state index contributed by atoms with van der Waals surface area (Å²) >= 11 is 11.7. The van der Waals surface area contributed by atoms with Crippen LogP contribution in [0, 0.1) is 0 Å². The highest BCUT2D eigenvalue weighted by Gasteiger charge is 2.09. The number of nitrogens with two attached hydrogens (primary N) is 1. The average Bonchev–Trinajstić information content (AvgIpc) is 2.20. The zero-order chi connectivity index (χ0) is 11.4. The number of amides is 1. The fourth-order valence-corrected chi connectivity index (χ4v) is 1.62. The first-order valence-corrected chi connectivity index (χ1v) is 5.18. The maximum atomic E-state index is 11.2. The standard InChI is InChI=1S/C10H12Cl2N2O/c1-14(10(15)5-13)6-7-2-3-8(11)4-9(7)12/h2-4H,5-6,13H2,1H3. The Bertz CT molecular complexity index is 368. The van der Waals surface area contributed by atoms with E-state index in [9.17, 15) is 4.79 Å². The molecule has 15 heavy (non-hydrogen) atoms. The molecule has 3 nitrogen and oxygen atoms in total. The summed E-state index contributed by atoms with van der Waals surface area (Å²) in [6.07, 6.45) is 0. The summed E-state index contributed by atoms with van der Waals surface area (Å²) in [5.41, 5.74) is 6.10. The van der Waals surface area contributed by atoms with E-state index in [0.29, 0.717) is 16.6 Å². The number of nitrogens with zero attached hydrogens (tertiary/aromatic N) is 1. The van der Waals surface area contributed by atoms with Gasteiger partial charge in [-0.15, -0.1) is 0 Å². The molecule has 0 unspecified atom stereocenters. The monoisotopic (exact) mass is 246 g/mol. The third-order valence-electron chi connectivity index (χ3n) is 2.02. The Morgan fingerprint density at radius 2 is 2.13 bits per heavy atom. The van der Waals surface area contributed by atoms with E-state index in [2.05, 4.69) is 0 Å². The van der Waals surface area contributed by atoms with Crippen molar-refractivity contribution >= 4 is 29.1 Å². The molecule has 0 bridgehead atoms. The first kappa shape index (κ1) is 12.3. The second-order valence-corrected chi connectivity index (χ2v) is 4.03. The highest BCUT2D eigenvalue weighted by atomic mass is 35.5. The molecule has 0 radical (unpaired) electrons. The van der Waals surface area contributed by atoms with Gasteiger partial charge in [-0.1, -0.05) is 29.3 Å². The average molecular weight is 247 g/mol. The molecule has 0 saturated carbocycles. The lowest BCUT2D eigenvalue weighted by Crippen LogP contribution is -2.32. The SMILES string of the molecule is CN(Cc1ccc(Cl)cc1Cl)C(=O)CN. The van der Waals surface area contributed by atoms with Crippen molar-refractivity contribution < 1.29 is 4.79 Å². The van der Waals surface area contributed by atoms with Crippen molar-refractivity contribution in [3.63, 3.8) is 0 Å². The lowest BCUT2D eigenvalue weighted by atomic mass is 10.2. The van der Waals surface area contributed by atoms with Gasteiger partial charge in [0.15, 0.2) is 0 Å². The van der Waals surface area contributed by atoms with Gasteiger partial charge in [-0.2, -0.15) is 0 Å². The Kier molecular flexibility index (Phi) is 4.39. The van der Waals surface area contributed by atoms with Gasteiger partial charge in [-0.3, -0.25) is 4.79 Å². The minimum Gasteiger partial charge on any atom is -0.340 e. The number of halogens is 2. The highest BCUT2D eigenvalue weighted by molar-refractivity contribution is 6.35. The fraction of sp³-hybridized carbons (Fsp3) is 0.300. The molecule has 0 heterocycles. The number of carbonyl (C=O) groups is 1. The van der Waals surface area contributed by atoms with E-state index in [1.807, 2.05) is 0 Å². The molecule has 0 aliphatic heterocycles. The van der Waals surface area contributed by atoms with Crippen molar-refractivity contribution in [3.8, 4) is 0 Å². The van der Waals surface area contributed by atoms with Crippen LogP contribution in [0.15, 0.2) is 18.2 Å². The molecule has 0 atom stereocenters. The van der Waals surface area contributed by atoms with Crippen LogP contribution in [0.5, 0.6) is 0 Å². The Balaban J connectivity index is 2.76. The second kappa shape index (κ2) is 5.35. The Labute approximate surface area is 98.8 Å². The molecule has 5 heteroatoms. The van der Waals surface area contributed by atoms with E-state index in [1.54, 1.807) is 25.2 Å². The van der Waals surface area contributed by atoms with Crippen molar-refractivity contribution in [2.75, 3.05) is 13.6 Å². The Morgan fingerprint density at radius 3 is 2.67 bits per heavy atom. The van der Waals surface area contributed by atoms with Gasteiger partial charge in [0.05, 0.1) is 6.54 Å². The summed E-state index contributed by atoms with van der Waals surface area (Å²) in [6.45, 7) is 0.438. The summed E-state index contributed by atoms with van der Waals surface area (Å²) in [6, 6.07) is 5.19. The van der Waals surface area contributed by atoms with Crippen LogP contribution in [-0.4, -0.2) is 24.4 Å². The molecule has 82 valence electrons. The van der Waals surface area contributed by atoms with Crippen molar-refractivity contribution in [3.05, 3.63) is 33.8 Å². The van der Waals surface area contributed by atoms with Gasteiger partial charge in [0.2, 0.25) is 5.91 Å². The maximum absolute atomic E-state index is 11.2. The summed E-state index contributed by atoms with van der Waals surface area (Å²) in [7, 11) is 1.68. The quantitative estimate of drug-likeness (QED) is 0.886. The maximum Gasteiger partial charge on any atom is 0.236 e. The molecule has 1 aromatic carbocycles. The van der Waals surface area contributed by atoms with E-state index < -0.39 is 0 Å². The highest BCUT2D eigenvalue weighted by Crippen LogP contribution is 2.21. The molecule has 0 aromatic heterocycles. The van der Waals surface area contributed by atoms with Gasteiger partial charge >= 0.3 is 0 Å². The van der Waals surface area contributed by atoms with Crippen LogP contribution in [0.2, 0.25) is 10.0 Å². The van der Waals surface area contributed by atoms with Gasteiger partial charge in [0, 0.05) is 23.6 Å². The lowest BCUT2D eigenvalue weighted by Gasteiger charge is -2.17. The fourth-order valence-electron chi connectivity index (χ4n) is 1.15. The topological polar surface area (TPSA) is 46.3 Å². The third-order valence-corrected chi connectivity index (χ3v) is 2.61. The minimum atomic E-state index is -0.124. The van der Waals surface area contributed by atoms with E-state index in [0.717, 1.165) is 5.56 Å². The van der Waals surface area contributed by atoms with Crippen LogP contribution < -0.4 is 5.73 Å². The molecule has 1 aromatic rings. The molecule has 0 aliphatic rings.